The third kappa shape index (κ3) is 1.87. The first kappa shape index (κ1) is 10.9. The molecule has 1 atom stereocenters. The van der Waals surface area contributed by atoms with Gasteiger partial charge in [-0.15, -0.1) is 0 Å². The predicted octanol–water partition coefficient (Wildman–Crippen LogP) is 2.76. The summed E-state index contributed by atoms with van der Waals surface area (Å²) < 4.78 is 0. The van der Waals surface area contributed by atoms with Crippen molar-refractivity contribution in [1.29, 1.82) is 0 Å². The van der Waals surface area contributed by atoms with E-state index in [2.05, 4.69) is 5.48 Å². The molecule has 3 nitrogen and oxygen atoms in total. The lowest BCUT2D eigenvalue weighted by Gasteiger charge is -2.15. The SMILES string of the molecule is CONC(C)c1ccc2ccccc2c1O. The zero-order chi connectivity index (χ0) is 11.5. The molecule has 2 rings (SSSR count). The van der Waals surface area contributed by atoms with Gasteiger partial charge in [0, 0.05) is 10.9 Å². The van der Waals surface area contributed by atoms with Gasteiger partial charge < -0.3 is 9.94 Å². The van der Waals surface area contributed by atoms with Crippen LogP contribution in [0.4, 0.5) is 0 Å². The van der Waals surface area contributed by atoms with Crippen molar-refractivity contribution in [2.24, 2.45) is 0 Å². The van der Waals surface area contributed by atoms with Gasteiger partial charge in [-0.1, -0.05) is 36.4 Å². The van der Waals surface area contributed by atoms with Gasteiger partial charge >= 0.3 is 0 Å². The zero-order valence-electron chi connectivity index (χ0n) is 9.40. The summed E-state index contributed by atoms with van der Waals surface area (Å²) in [7, 11) is 1.56. The van der Waals surface area contributed by atoms with Crippen LogP contribution in [0.5, 0.6) is 5.75 Å². The second kappa shape index (κ2) is 4.51. The van der Waals surface area contributed by atoms with Crippen LogP contribution in [0.25, 0.3) is 10.8 Å². The highest BCUT2D eigenvalue weighted by Crippen LogP contribution is 2.32. The molecule has 0 bridgehead atoms. The van der Waals surface area contributed by atoms with E-state index in [0.29, 0.717) is 5.75 Å². The molecule has 0 radical (unpaired) electrons. The Hall–Kier alpha value is -1.58. The Morgan fingerprint density at radius 2 is 1.94 bits per heavy atom. The fourth-order valence-electron chi connectivity index (χ4n) is 1.86. The molecule has 84 valence electrons. The maximum absolute atomic E-state index is 10.2. The molecule has 0 aromatic heterocycles. The molecule has 0 aliphatic heterocycles. The summed E-state index contributed by atoms with van der Waals surface area (Å²) in [5.74, 6) is 0.315. The van der Waals surface area contributed by atoms with Crippen LogP contribution >= 0.6 is 0 Å². The van der Waals surface area contributed by atoms with E-state index in [-0.39, 0.29) is 6.04 Å². The van der Waals surface area contributed by atoms with Gasteiger partial charge in [-0.25, -0.2) is 0 Å². The van der Waals surface area contributed by atoms with E-state index in [1.165, 1.54) is 0 Å². The first-order valence-corrected chi connectivity index (χ1v) is 5.23. The molecule has 0 spiro atoms. The van der Waals surface area contributed by atoms with Crippen LogP contribution in [0, 0.1) is 0 Å². The van der Waals surface area contributed by atoms with Crippen LogP contribution in [0.15, 0.2) is 36.4 Å². The maximum atomic E-state index is 10.2. The van der Waals surface area contributed by atoms with Crippen molar-refractivity contribution in [2.75, 3.05) is 7.11 Å². The Bertz CT molecular complexity index is 496. The lowest BCUT2D eigenvalue weighted by atomic mass is 10.0. The van der Waals surface area contributed by atoms with Crippen molar-refractivity contribution >= 4 is 10.8 Å². The number of phenols is 1. The Labute approximate surface area is 94.6 Å². The van der Waals surface area contributed by atoms with Gasteiger partial charge in [-0.2, -0.15) is 5.48 Å². The Balaban J connectivity index is 2.52. The van der Waals surface area contributed by atoms with Gasteiger partial charge in [0.15, 0.2) is 0 Å². The standard InChI is InChI=1S/C13H15NO2/c1-9(14-16-2)11-8-7-10-5-3-4-6-12(10)13(11)15/h3-9,14-15H,1-2H3. The molecule has 0 amide bonds. The van der Waals surface area contributed by atoms with Gasteiger partial charge in [-0.05, 0) is 12.3 Å². The van der Waals surface area contributed by atoms with Crippen molar-refractivity contribution in [2.45, 2.75) is 13.0 Å². The maximum Gasteiger partial charge on any atom is 0.128 e. The summed E-state index contributed by atoms with van der Waals surface area (Å²) in [6.45, 7) is 1.94. The van der Waals surface area contributed by atoms with Crippen molar-refractivity contribution < 1.29 is 9.94 Å². The summed E-state index contributed by atoms with van der Waals surface area (Å²) in [6.07, 6.45) is 0. The average molecular weight is 217 g/mol. The second-order valence-corrected chi connectivity index (χ2v) is 3.77. The van der Waals surface area contributed by atoms with E-state index in [0.717, 1.165) is 16.3 Å². The quantitative estimate of drug-likeness (QED) is 0.777. The number of hydrogen-bond acceptors (Lipinski definition) is 3. The number of rotatable bonds is 3. The molecule has 0 saturated carbocycles. The van der Waals surface area contributed by atoms with E-state index >= 15 is 0 Å². The van der Waals surface area contributed by atoms with Crippen molar-refractivity contribution in [3.63, 3.8) is 0 Å². The Morgan fingerprint density at radius 1 is 1.19 bits per heavy atom. The average Bonchev–Trinajstić information content (AvgIpc) is 2.30. The summed E-state index contributed by atoms with van der Waals surface area (Å²) >= 11 is 0. The highest BCUT2D eigenvalue weighted by Gasteiger charge is 2.11. The van der Waals surface area contributed by atoms with Crippen LogP contribution in [0.1, 0.15) is 18.5 Å². The molecule has 0 aliphatic carbocycles. The summed E-state index contributed by atoms with van der Waals surface area (Å²) in [6, 6.07) is 11.6. The van der Waals surface area contributed by atoms with Gasteiger partial charge in [0.25, 0.3) is 0 Å². The van der Waals surface area contributed by atoms with Gasteiger partial charge in [-0.3, -0.25) is 0 Å². The number of aromatic hydroxyl groups is 1. The molecule has 0 aliphatic rings. The van der Waals surface area contributed by atoms with Crippen LogP contribution in [0.3, 0.4) is 0 Å². The van der Waals surface area contributed by atoms with Crippen LogP contribution in [-0.4, -0.2) is 12.2 Å². The third-order valence-corrected chi connectivity index (χ3v) is 2.69. The van der Waals surface area contributed by atoms with E-state index in [9.17, 15) is 5.11 Å². The summed E-state index contributed by atoms with van der Waals surface area (Å²) in [5.41, 5.74) is 3.64. The fourth-order valence-corrected chi connectivity index (χ4v) is 1.86. The smallest absolute Gasteiger partial charge is 0.128 e. The lowest BCUT2D eigenvalue weighted by Crippen LogP contribution is -2.16. The van der Waals surface area contributed by atoms with E-state index in [4.69, 9.17) is 4.84 Å². The number of nitrogens with one attached hydrogen (secondary N) is 1. The van der Waals surface area contributed by atoms with Gasteiger partial charge in [0.05, 0.1) is 13.2 Å². The summed E-state index contributed by atoms with van der Waals surface area (Å²) in [4.78, 5) is 4.86. The molecule has 2 aromatic rings. The number of phenolic OH excluding ortho intramolecular Hbond substituents is 1. The number of hydroxylamine groups is 1. The molecular formula is C13H15NO2. The van der Waals surface area contributed by atoms with Gasteiger partial charge in [0.1, 0.15) is 5.75 Å². The first-order valence-electron chi connectivity index (χ1n) is 5.23. The van der Waals surface area contributed by atoms with E-state index in [1.807, 2.05) is 43.3 Å². The van der Waals surface area contributed by atoms with E-state index < -0.39 is 0 Å². The molecule has 1 unspecified atom stereocenters. The van der Waals surface area contributed by atoms with Crippen molar-refractivity contribution in [3.8, 4) is 5.75 Å². The Kier molecular flexibility index (Phi) is 3.08. The van der Waals surface area contributed by atoms with Crippen LogP contribution in [0.2, 0.25) is 0 Å². The predicted molar refractivity (Wildman–Crippen MR) is 64.2 cm³/mol. The highest BCUT2D eigenvalue weighted by molar-refractivity contribution is 5.89. The highest BCUT2D eigenvalue weighted by atomic mass is 16.6. The van der Waals surface area contributed by atoms with Crippen molar-refractivity contribution in [3.05, 3.63) is 42.0 Å². The Morgan fingerprint density at radius 3 is 2.69 bits per heavy atom. The van der Waals surface area contributed by atoms with Crippen molar-refractivity contribution in [1.82, 2.24) is 5.48 Å². The molecule has 0 saturated heterocycles. The van der Waals surface area contributed by atoms with Crippen LogP contribution in [-0.2, 0) is 4.84 Å². The number of fused-ring (bicyclic) bond motifs is 1. The molecule has 2 aromatic carbocycles. The lowest BCUT2D eigenvalue weighted by molar-refractivity contribution is 0.0652. The molecule has 16 heavy (non-hydrogen) atoms. The molecule has 0 fully saturated rings. The minimum Gasteiger partial charge on any atom is -0.507 e. The first-order chi connectivity index (χ1) is 7.74. The largest absolute Gasteiger partial charge is 0.507 e. The monoisotopic (exact) mass is 217 g/mol. The second-order valence-electron chi connectivity index (χ2n) is 3.77. The topological polar surface area (TPSA) is 41.5 Å². The molecule has 0 heterocycles. The van der Waals surface area contributed by atoms with Gasteiger partial charge in [0.2, 0.25) is 0 Å². The fraction of sp³-hybridized carbons (Fsp3) is 0.231. The number of hydrogen-bond donors (Lipinski definition) is 2. The molecule has 3 heteroatoms. The summed E-state index contributed by atoms with van der Waals surface area (Å²) in [5, 5.41) is 12.1. The number of benzene rings is 2. The normalized spacial score (nSPS) is 12.9. The zero-order valence-corrected chi connectivity index (χ0v) is 9.40. The van der Waals surface area contributed by atoms with Crippen LogP contribution < -0.4 is 5.48 Å². The molecular weight excluding hydrogens is 202 g/mol. The molecule has 2 N–H and O–H groups in total. The minimum atomic E-state index is -0.0467. The van der Waals surface area contributed by atoms with E-state index in [1.54, 1.807) is 7.11 Å². The third-order valence-electron chi connectivity index (χ3n) is 2.69. The minimum absolute atomic E-state index is 0.0467.